The molecule has 1 fully saturated rings. The van der Waals surface area contributed by atoms with Crippen LogP contribution >= 0.6 is 11.3 Å². The summed E-state index contributed by atoms with van der Waals surface area (Å²) in [5, 5.41) is 5.11. The van der Waals surface area contributed by atoms with Crippen molar-refractivity contribution >= 4 is 17.4 Å². The minimum absolute atomic E-state index is 0.0388. The lowest BCUT2D eigenvalue weighted by Gasteiger charge is -2.28. The third kappa shape index (κ3) is 4.86. The predicted molar refractivity (Wildman–Crippen MR) is 82.6 cm³/mol. The zero-order valence-corrected chi connectivity index (χ0v) is 13.6. The SMILES string of the molecule is CC(C)(C)OC(=O)N1CCCC1CNCc1csc(=O)[nH]1. The monoisotopic (exact) mass is 313 g/mol. The number of amides is 1. The number of rotatable bonds is 4. The quantitative estimate of drug-likeness (QED) is 0.890. The van der Waals surface area contributed by atoms with Crippen molar-refractivity contribution in [2.75, 3.05) is 13.1 Å². The van der Waals surface area contributed by atoms with E-state index in [0.717, 1.165) is 36.4 Å². The second-order valence-electron chi connectivity index (χ2n) is 6.27. The molecule has 0 radical (unpaired) electrons. The van der Waals surface area contributed by atoms with Gasteiger partial charge in [0.2, 0.25) is 0 Å². The second-order valence-corrected chi connectivity index (χ2v) is 7.12. The van der Waals surface area contributed by atoms with Gasteiger partial charge in [-0.05, 0) is 33.6 Å². The van der Waals surface area contributed by atoms with Crippen LogP contribution in [0, 0.1) is 0 Å². The molecular weight excluding hydrogens is 290 g/mol. The molecule has 1 unspecified atom stereocenters. The van der Waals surface area contributed by atoms with Gasteiger partial charge in [-0.15, -0.1) is 0 Å². The van der Waals surface area contributed by atoms with Crippen molar-refractivity contribution in [3.8, 4) is 0 Å². The van der Waals surface area contributed by atoms with Crippen LogP contribution in [-0.2, 0) is 11.3 Å². The van der Waals surface area contributed by atoms with E-state index in [0.29, 0.717) is 13.1 Å². The molecule has 0 aromatic carbocycles. The first-order chi connectivity index (χ1) is 9.85. The van der Waals surface area contributed by atoms with Crippen LogP contribution in [0.1, 0.15) is 39.3 Å². The van der Waals surface area contributed by atoms with Crippen molar-refractivity contribution in [1.29, 1.82) is 0 Å². The molecule has 118 valence electrons. The standard InChI is InChI=1S/C14H23N3O3S/c1-14(2,3)20-13(19)17-6-4-5-11(17)8-15-7-10-9-21-12(18)16-10/h9,11,15H,4-8H2,1-3H3,(H,16,18). The topological polar surface area (TPSA) is 74.4 Å². The van der Waals surface area contributed by atoms with Crippen LogP contribution in [0.25, 0.3) is 0 Å². The lowest BCUT2D eigenvalue weighted by Crippen LogP contribution is -2.44. The summed E-state index contributed by atoms with van der Waals surface area (Å²) >= 11 is 1.16. The van der Waals surface area contributed by atoms with Crippen molar-refractivity contribution in [1.82, 2.24) is 15.2 Å². The molecule has 2 rings (SSSR count). The Morgan fingerprint density at radius 3 is 2.95 bits per heavy atom. The number of hydrogen-bond donors (Lipinski definition) is 2. The Kier molecular flexibility index (Phi) is 5.05. The summed E-state index contributed by atoms with van der Waals surface area (Å²) in [7, 11) is 0. The third-order valence-electron chi connectivity index (χ3n) is 3.27. The number of carbonyl (C=O) groups excluding carboxylic acids is 1. The van der Waals surface area contributed by atoms with E-state index in [9.17, 15) is 9.59 Å². The van der Waals surface area contributed by atoms with Crippen LogP contribution in [0.5, 0.6) is 0 Å². The third-order valence-corrected chi connectivity index (χ3v) is 3.99. The highest BCUT2D eigenvalue weighted by atomic mass is 32.1. The number of aromatic nitrogens is 1. The first kappa shape index (κ1) is 16.0. The number of hydrogen-bond acceptors (Lipinski definition) is 5. The van der Waals surface area contributed by atoms with Gasteiger partial charge in [-0.1, -0.05) is 11.3 Å². The zero-order valence-electron chi connectivity index (χ0n) is 12.8. The van der Waals surface area contributed by atoms with E-state index in [1.165, 1.54) is 0 Å². The number of likely N-dealkylation sites (tertiary alicyclic amines) is 1. The van der Waals surface area contributed by atoms with E-state index in [1.807, 2.05) is 26.2 Å². The smallest absolute Gasteiger partial charge is 0.410 e. The van der Waals surface area contributed by atoms with Gasteiger partial charge in [0.05, 0.1) is 0 Å². The maximum Gasteiger partial charge on any atom is 0.410 e. The maximum absolute atomic E-state index is 12.1. The first-order valence-electron chi connectivity index (χ1n) is 7.22. The molecule has 0 saturated carbocycles. The molecule has 2 N–H and O–H groups in total. The number of carbonyl (C=O) groups is 1. The molecule has 21 heavy (non-hydrogen) atoms. The number of H-pyrrole nitrogens is 1. The van der Waals surface area contributed by atoms with Crippen LogP contribution in [0.15, 0.2) is 10.2 Å². The fourth-order valence-corrected chi connectivity index (χ4v) is 2.96. The second kappa shape index (κ2) is 6.62. The lowest BCUT2D eigenvalue weighted by molar-refractivity contribution is 0.0226. The molecule has 1 atom stereocenters. The Labute approximate surface area is 128 Å². The van der Waals surface area contributed by atoms with Crippen LogP contribution in [-0.4, -0.2) is 40.7 Å². The van der Waals surface area contributed by atoms with Crippen molar-refractivity contribution in [3.05, 3.63) is 20.7 Å². The molecule has 6 nitrogen and oxygen atoms in total. The Bertz CT molecular complexity index is 532. The number of nitrogens with one attached hydrogen (secondary N) is 2. The van der Waals surface area contributed by atoms with E-state index in [1.54, 1.807) is 4.90 Å². The summed E-state index contributed by atoms with van der Waals surface area (Å²) in [6.07, 6.45) is 1.74. The van der Waals surface area contributed by atoms with E-state index in [4.69, 9.17) is 4.74 Å². The summed E-state index contributed by atoms with van der Waals surface area (Å²) in [6, 6.07) is 0.158. The van der Waals surface area contributed by atoms with Crippen LogP contribution in [0.4, 0.5) is 4.79 Å². The Morgan fingerprint density at radius 1 is 1.57 bits per heavy atom. The van der Waals surface area contributed by atoms with E-state index in [2.05, 4.69) is 10.3 Å². The van der Waals surface area contributed by atoms with Crippen molar-refractivity contribution in [2.45, 2.75) is 51.8 Å². The molecule has 7 heteroatoms. The normalized spacial score (nSPS) is 19.0. The van der Waals surface area contributed by atoms with E-state index >= 15 is 0 Å². The van der Waals surface area contributed by atoms with Crippen molar-refractivity contribution in [3.63, 3.8) is 0 Å². The minimum atomic E-state index is -0.464. The Balaban J connectivity index is 1.81. The minimum Gasteiger partial charge on any atom is -0.444 e. The van der Waals surface area contributed by atoms with Gasteiger partial charge in [-0.25, -0.2) is 4.79 Å². The molecule has 0 spiro atoms. The average molecular weight is 313 g/mol. The van der Waals surface area contributed by atoms with E-state index < -0.39 is 5.60 Å². The highest BCUT2D eigenvalue weighted by molar-refractivity contribution is 7.07. The average Bonchev–Trinajstić information content (AvgIpc) is 2.96. The number of nitrogens with zero attached hydrogens (tertiary/aromatic N) is 1. The number of thiazole rings is 1. The maximum atomic E-state index is 12.1. The molecule has 0 bridgehead atoms. The van der Waals surface area contributed by atoms with Crippen LogP contribution in [0.2, 0.25) is 0 Å². The van der Waals surface area contributed by atoms with Gasteiger partial charge in [-0.2, -0.15) is 0 Å². The van der Waals surface area contributed by atoms with Gasteiger partial charge >= 0.3 is 11.0 Å². The lowest BCUT2D eigenvalue weighted by atomic mass is 10.2. The van der Waals surface area contributed by atoms with Gasteiger partial charge in [0.15, 0.2) is 0 Å². The molecule has 1 amide bonds. The fraction of sp³-hybridized carbons (Fsp3) is 0.714. The van der Waals surface area contributed by atoms with Crippen molar-refractivity contribution < 1.29 is 9.53 Å². The van der Waals surface area contributed by atoms with Gasteiger partial charge in [0.25, 0.3) is 0 Å². The van der Waals surface area contributed by atoms with Gasteiger partial charge in [0.1, 0.15) is 5.60 Å². The van der Waals surface area contributed by atoms with Gasteiger partial charge < -0.3 is 19.9 Å². The van der Waals surface area contributed by atoms with Crippen LogP contribution in [0.3, 0.4) is 0 Å². The van der Waals surface area contributed by atoms with E-state index in [-0.39, 0.29) is 17.0 Å². The summed E-state index contributed by atoms with van der Waals surface area (Å²) < 4.78 is 5.43. The summed E-state index contributed by atoms with van der Waals surface area (Å²) in [6.45, 7) is 7.69. The van der Waals surface area contributed by atoms with Gasteiger partial charge in [0, 0.05) is 36.8 Å². The number of aromatic amines is 1. The molecule has 2 heterocycles. The molecule has 1 aliphatic rings. The fourth-order valence-electron chi connectivity index (χ4n) is 2.38. The van der Waals surface area contributed by atoms with Gasteiger partial charge in [-0.3, -0.25) is 4.79 Å². The molecule has 1 saturated heterocycles. The summed E-state index contributed by atoms with van der Waals surface area (Å²) in [5.41, 5.74) is 0.417. The molecule has 1 aromatic rings. The highest BCUT2D eigenvalue weighted by Crippen LogP contribution is 2.20. The predicted octanol–water partition coefficient (Wildman–Crippen LogP) is 1.93. The van der Waals surface area contributed by atoms with Crippen LogP contribution < -0.4 is 10.2 Å². The Hall–Kier alpha value is -1.34. The molecule has 0 aliphatic carbocycles. The molecular formula is C14H23N3O3S. The highest BCUT2D eigenvalue weighted by Gasteiger charge is 2.31. The summed E-state index contributed by atoms with van der Waals surface area (Å²) in [4.78, 5) is 27.7. The number of ether oxygens (including phenoxy) is 1. The molecule has 1 aliphatic heterocycles. The van der Waals surface area contributed by atoms with Crippen molar-refractivity contribution in [2.24, 2.45) is 0 Å². The molecule has 1 aromatic heterocycles. The Morgan fingerprint density at radius 2 is 2.33 bits per heavy atom. The summed E-state index contributed by atoms with van der Waals surface area (Å²) in [5.74, 6) is 0. The largest absolute Gasteiger partial charge is 0.444 e. The zero-order chi connectivity index (χ0) is 15.5. The first-order valence-corrected chi connectivity index (χ1v) is 8.10.